The Bertz CT molecular complexity index is 437. The van der Waals surface area contributed by atoms with E-state index in [4.69, 9.17) is 5.11 Å². The molecule has 1 rings (SSSR count). The number of thioether (sulfide) groups is 1. The molecule has 1 heterocycles. The first-order valence-electron chi connectivity index (χ1n) is 5.87. The third kappa shape index (κ3) is 5.25. The number of carbonyl (C=O) groups excluding carboxylic acids is 1. The zero-order valence-electron chi connectivity index (χ0n) is 10.9. The van der Waals surface area contributed by atoms with E-state index in [1.54, 1.807) is 4.68 Å². The topological polar surface area (TPSA) is 110 Å². The molecule has 1 amide bonds. The number of carbonyl (C=O) groups is 2. The van der Waals surface area contributed by atoms with Crippen molar-refractivity contribution < 1.29 is 14.7 Å². The summed E-state index contributed by atoms with van der Waals surface area (Å²) in [5.41, 5.74) is 0. The second-order valence-electron chi connectivity index (χ2n) is 3.92. The van der Waals surface area contributed by atoms with Gasteiger partial charge in [0.1, 0.15) is 6.04 Å². The molecule has 0 saturated heterocycles. The Morgan fingerprint density at radius 2 is 2.26 bits per heavy atom. The standard InChI is InChI=1S/C10H17N5O3S/c1-3-4-15-9(12-13-14-15)6-19-5-8(10(17)18)11-7(2)16/h8H,3-6H2,1-2H3,(H,11,16)(H,17,18). The predicted octanol–water partition coefficient (Wildman–Crippen LogP) is -0.0944. The average Bonchev–Trinajstić information content (AvgIpc) is 2.75. The van der Waals surface area contributed by atoms with Gasteiger partial charge in [0, 0.05) is 19.2 Å². The summed E-state index contributed by atoms with van der Waals surface area (Å²) in [6.45, 7) is 4.05. The molecule has 0 aliphatic carbocycles. The lowest BCUT2D eigenvalue weighted by molar-refractivity contribution is -0.140. The Hall–Kier alpha value is -1.64. The Morgan fingerprint density at radius 1 is 1.53 bits per heavy atom. The number of hydrogen-bond acceptors (Lipinski definition) is 6. The quantitative estimate of drug-likeness (QED) is 0.687. The van der Waals surface area contributed by atoms with E-state index in [-0.39, 0.29) is 11.7 Å². The Morgan fingerprint density at radius 3 is 2.84 bits per heavy atom. The number of carboxylic acids is 1. The van der Waals surface area contributed by atoms with Crippen LogP contribution in [0.3, 0.4) is 0 Å². The number of carboxylic acid groups (broad SMARTS) is 1. The summed E-state index contributed by atoms with van der Waals surface area (Å²) in [7, 11) is 0. The molecule has 0 spiro atoms. The molecule has 0 aliphatic heterocycles. The van der Waals surface area contributed by atoms with Crippen molar-refractivity contribution in [2.45, 2.75) is 38.6 Å². The summed E-state index contributed by atoms with van der Waals surface area (Å²) in [6, 6.07) is -0.891. The molecule has 9 heteroatoms. The molecule has 8 nitrogen and oxygen atoms in total. The number of amides is 1. The van der Waals surface area contributed by atoms with E-state index in [1.807, 2.05) is 6.92 Å². The van der Waals surface area contributed by atoms with Crippen LogP contribution in [0.2, 0.25) is 0 Å². The van der Waals surface area contributed by atoms with Crippen molar-refractivity contribution in [2.24, 2.45) is 0 Å². The summed E-state index contributed by atoms with van der Waals surface area (Å²) in [5.74, 6) is 0.0862. The molecule has 1 atom stereocenters. The number of rotatable bonds is 8. The largest absolute Gasteiger partial charge is 0.480 e. The first-order chi connectivity index (χ1) is 9.04. The minimum atomic E-state index is -1.05. The van der Waals surface area contributed by atoms with E-state index < -0.39 is 12.0 Å². The number of nitrogens with zero attached hydrogens (tertiary/aromatic N) is 4. The number of nitrogens with one attached hydrogen (secondary N) is 1. The summed E-state index contributed by atoms with van der Waals surface area (Å²) < 4.78 is 1.70. The van der Waals surface area contributed by atoms with Crippen LogP contribution in [0.1, 0.15) is 26.1 Å². The second-order valence-corrected chi connectivity index (χ2v) is 4.95. The maximum absolute atomic E-state index is 10.9. The molecule has 0 fully saturated rings. The lowest BCUT2D eigenvalue weighted by atomic mass is 10.3. The highest BCUT2D eigenvalue weighted by Crippen LogP contribution is 2.11. The van der Waals surface area contributed by atoms with Crippen molar-refractivity contribution in [3.05, 3.63) is 5.82 Å². The van der Waals surface area contributed by atoms with Crippen LogP contribution >= 0.6 is 11.8 Å². The van der Waals surface area contributed by atoms with Crippen molar-refractivity contribution in [3.63, 3.8) is 0 Å². The number of aromatic nitrogens is 4. The van der Waals surface area contributed by atoms with Gasteiger partial charge in [-0.1, -0.05) is 6.92 Å². The lowest BCUT2D eigenvalue weighted by Crippen LogP contribution is -2.41. The lowest BCUT2D eigenvalue weighted by Gasteiger charge is -2.12. The van der Waals surface area contributed by atoms with Gasteiger partial charge in [0.2, 0.25) is 5.91 Å². The van der Waals surface area contributed by atoms with Crippen molar-refractivity contribution in [2.75, 3.05) is 5.75 Å². The van der Waals surface area contributed by atoms with Gasteiger partial charge in [-0.3, -0.25) is 4.79 Å². The maximum atomic E-state index is 10.9. The van der Waals surface area contributed by atoms with Gasteiger partial charge in [-0.25, -0.2) is 9.48 Å². The van der Waals surface area contributed by atoms with Crippen LogP contribution < -0.4 is 5.32 Å². The molecule has 1 aromatic heterocycles. The highest BCUT2D eigenvalue weighted by Gasteiger charge is 2.18. The molecular weight excluding hydrogens is 270 g/mol. The number of aryl methyl sites for hydroxylation is 1. The maximum Gasteiger partial charge on any atom is 0.327 e. The Balaban J connectivity index is 2.45. The van der Waals surface area contributed by atoms with E-state index >= 15 is 0 Å². The fraction of sp³-hybridized carbons (Fsp3) is 0.700. The van der Waals surface area contributed by atoms with E-state index in [0.29, 0.717) is 11.6 Å². The van der Waals surface area contributed by atoms with E-state index in [1.165, 1.54) is 18.7 Å². The van der Waals surface area contributed by atoms with E-state index in [2.05, 4.69) is 20.8 Å². The zero-order chi connectivity index (χ0) is 14.3. The minimum absolute atomic E-state index is 0.272. The summed E-state index contributed by atoms with van der Waals surface area (Å²) >= 11 is 1.37. The number of aliphatic carboxylic acids is 1. The summed E-state index contributed by atoms with van der Waals surface area (Å²) in [6.07, 6.45) is 0.923. The van der Waals surface area contributed by atoms with Gasteiger partial charge in [0.05, 0.1) is 5.75 Å². The van der Waals surface area contributed by atoms with E-state index in [0.717, 1.165) is 13.0 Å². The normalized spacial score (nSPS) is 12.1. The van der Waals surface area contributed by atoms with Crippen LogP contribution in [0.4, 0.5) is 0 Å². The van der Waals surface area contributed by atoms with Crippen molar-refractivity contribution >= 4 is 23.6 Å². The number of hydrogen-bond donors (Lipinski definition) is 2. The van der Waals surface area contributed by atoms with Gasteiger partial charge < -0.3 is 10.4 Å². The van der Waals surface area contributed by atoms with Crippen molar-refractivity contribution in [1.82, 2.24) is 25.5 Å². The van der Waals surface area contributed by atoms with Crippen LogP contribution in [-0.4, -0.2) is 49.0 Å². The smallest absolute Gasteiger partial charge is 0.327 e. The average molecular weight is 287 g/mol. The third-order valence-electron chi connectivity index (χ3n) is 2.23. The second kappa shape index (κ2) is 7.72. The first-order valence-corrected chi connectivity index (χ1v) is 7.02. The molecule has 106 valence electrons. The van der Waals surface area contributed by atoms with Crippen LogP contribution in [0, 0.1) is 0 Å². The predicted molar refractivity (Wildman–Crippen MR) is 69.5 cm³/mol. The molecule has 1 unspecified atom stereocenters. The SMILES string of the molecule is CCCn1nnnc1CSCC(NC(C)=O)C(=O)O. The van der Waals surface area contributed by atoms with Crippen molar-refractivity contribution in [3.8, 4) is 0 Å². The van der Waals surface area contributed by atoms with Gasteiger partial charge >= 0.3 is 5.97 Å². The fourth-order valence-corrected chi connectivity index (χ4v) is 2.37. The molecule has 0 aliphatic rings. The van der Waals surface area contributed by atoms with Gasteiger partial charge in [-0.05, 0) is 16.8 Å². The molecular formula is C10H17N5O3S. The van der Waals surface area contributed by atoms with Crippen molar-refractivity contribution in [1.29, 1.82) is 0 Å². The molecule has 0 bridgehead atoms. The molecule has 0 aromatic carbocycles. The molecule has 0 radical (unpaired) electrons. The highest BCUT2D eigenvalue weighted by atomic mass is 32.2. The van der Waals surface area contributed by atoms with Crippen LogP contribution in [0.5, 0.6) is 0 Å². The summed E-state index contributed by atoms with van der Waals surface area (Å²) in [5, 5.41) is 22.6. The molecule has 19 heavy (non-hydrogen) atoms. The minimum Gasteiger partial charge on any atom is -0.480 e. The molecule has 0 saturated carbocycles. The Kier molecular flexibility index (Phi) is 6.26. The van der Waals surface area contributed by atoms with Crippen LogP contribution in [0.25, 0.3) is 0 Å². The molecule has 1 aromatic rings. The van der Waals surface area contributed by atoms with Gasteiger partial charge in [-0.2, -0.15) is 11.8 Å². The van der Waals surface area contributed by atoms with Crippen LogP contribution in [-0.2, 0) is 21.9 Å². The van der Waals surface area contributed by atoms with Gasteiger partial charge in [-0.15, -0.1) is 5.10 Å². The summed E-state index contributed by atoms with van der Waals surface area (Å²) in [4.78, 5) is 21.8. The zero-order valence-corrected chi connectivity index (χ0v) is 11.7. The van der Waals surface area contributed by atoms with Crippen LogP contribution in [0.15, 0.2) is 0 Å². The third-order valence-corrected chi connectivity index (χ3v) is 3.26. The van der Waals surface area contributed by atoms with Gasteiger partial charge in [0.25, 0.3) is 0 Å². The van der Waals surface area contributed by atoms with Gasteiger partial charge in [0.15, 0.2) is 5.82 Å². The monoisotopic (exact) mass is 287 g/mol. The fourth-order valence-electron chi connectivity index (χ4n) is 1.40. The van der Waals surface area contributed by atoms with E-state index in [9.17, 15) is 9.59 Å². The highest BCUT2D eigenvalue weighted by molar-refractivity contribution is 7.98. The Labute approximate surface area is 114 Å². The number of tetrazole rings is 1. The molecule has 2 N–H and O–H groups in total. The first kappa shape index (κ1) is 15.4.